The Morgan fingerprint density at radius 2 is 2.15 bits per heavy atom. The molecule has 2 aliphatic rings. The maximum Gasteiger partial charge on any atom is 0.228 e. The summed E-state index contributed by atoms with van der Waals surface area (Å²) in [6, 6.07) is 3.57. The van der Waals surface area contributed by atoms with Crippen LogP contribution in [0.2, 0.25) is 0 Å². The lowest BCUT2D eigenvalue weighted by molar-refractivity contribution is -0.115. The highest BCUT2D eigenvalue weighted by Gasteiger charge is 2.32. The Hall–Kier alpha value is -1.76. The summed E-state index contributed by atoms with van der Waals surface area (Å²) >= 11 is 0. The van der Waals surface area contributed by atoms with Gasteiger partial charge in [0.1, 0.15) is 0 Å². The second kappa shape index (κ2) is 4.37. The molecule has 2 heterocycles. The van der Waals surface area contributed by atoms with Crippen molar-refractivity contribution in [1.82, 2.24) is 0 Å². The molecule has 7 heteroatoms. The SMILES string of the molecule is CN(c1cc2c(cc1N)CC(=O)N2)C1CCS(=O)(=O)C1. The molecule has 3 rings (SSSR count). The Morgan fingerprint density at radius 1 is 1.40 bits per heavy atom. The minimum atomic E-state index is -2.93. The van der Waals surface area contributed by atoms with Gasteiger partial charge in [-0.1, -0.05) is 0 Å². The average molecular weight is 295 g/mol. The van der Waals surface area contributed by atoms with E-state index in [1.165, 1.54) is 0 Å². The van der Waals surface area contributed by atoms with Crippen molar-refractivity contribution in [2.45, 2.75) is 18.9 Å². The molecule has 0 saturated carbocycles. The van der Waals surface area contributed by atoms with Crippen molar-refractivity contribution in [3.63, 3.8) is 0 Å². The van der Waals surface area contributed by atoms with Crippen LogP contribution >= 0.6 is 0 Å². The lowest BCUT2D eigenvalue weighted by atomic mass is 10.1. The first-order valence-corrected chi connectivity index (χ1v) is 8.33. The van der Waals surface area contributed by atoms with Crippen molar-refractivity contribution in [1.29, 1.82) is 0 Å². The molecule has 3 N–H and O–H groups in total. The van der Waals surface area contributed by atoms with Crippen molar-refractivity contribution < 1.29 is 13.2 Å². The Labute approximate surface area is 117 Å². The number of hydrogen-bond donors (Lipinski definition) is 2. The van der Waals surface area contributed by atoms with Gasteiger partial charge in [0.25, 0.3) is 0 Å². The second-order valence-corrected chi connectivity index (χ2v) is 7.69. The molecule has 1 aromatic carbocycles. The summed E-state index contributed by atoms with van der Waals surface area (Å²) in [5, 5.41) is 2.79. The van der Waals surface area contributed by atoms with Gasteiger partial charge in [0, 0.05) is 18.8 Å². The molecule has 0 spiro atoms. The topological polar surface area (TPSA) is 92.5 Å². The van der Waals surface area contributed by atoms with Gasteiger partial charge in [0.05, 0.1) is 29.3 Å². The molecular formula is C13H17N3O3S. The van der Waals surface area contributed by atoms with E-state index < -0.39 is 9.84 Å². The van der Waals surface area contributed by atoms with E-state index in [1.807, 2.05) is 18.0 Å². The summed E-state index contributed by atoms with van der Waals surface area (Å²) < 4.78 is 23.2. The number of carbonyl (C=O) groups excluding carboxylic acids is 1. The number of anilines is 3. The van der Waals surface area contributed by atoms with Gasteiger partial charge >= 0.3 is 0 Å². The van der Waals surface area contributed by atoms with Gasteiger partial charge in [0.15, 0.2) is 9.84 Å². The van der Waals surface area contributed by atoms with E-state index in [9.17, 15) is 13.2 Å². The lowest BCUT2D eigenvalue weighted by Gasteiger charge is -2.27. The molecule has 1 aromatic rings. The van der Waals surface area contributed by atoms with Gasteiger partial charge in [0.2, 0.25) is 5.91 Å². The third kappa shape index (κ3) is 2.22. The van der Waals surface area contributed by atoms with E-state index in [0.717, 1.165) is 16.9 Å². The summed E-state index contributed by atoms with van der Waals surface area (Å²) in [7, 11) is -1.09. The normalized spacial score (nSPS) is 23.4. The number of nitrogens with two attached hydrogens (primary N) is 1. The first-order valence-electron chi connectivity index (χ1n) is 6.51. The summed E-state index contributed by atoms with van der Waals surface area (Å²) in [6.45, 7) is 0. The number of fused-ring (bicyclic) bond motifs is 1. The van der Waals surface area contributed by atoms with Crippen LogP contribution in [0, 0.1) is 0 Å². The highest BCUT2D eigenvalue weighted by Crippen LogP contribution is 2.35. The number of hydrogen-bond acceptors (Lipinski definition) is 5. The van der Waals surface area contributed by atoms with Gasteiger partial charge in [-0.15, -0.1) is 0 Å². The number of carbonyl (C=O) groups is 1. The standard InChI is InChI=1S/C13H17N3O3S/c1-16(9-2-3-20(18,19)7-9)12-6-11-8(4-10(12)14)5-13(17)15-11/h4,6,9H,2-3,5,7,14H2,1H3,(H,15,17). The number of nitrogens with zero attached hydrogens (tertiary/aromatic N) is 1. The zero-order valence-corrected chi connectivity index (χ0v) is 12.0. The van der Waals surface area contributed by atoms with E-state index in [-0.39, 0.29) is 23.5 Å². The number of nitrogens with one attached hydrogen (secondary N) is 1. The summed E-state index contributed by atoms with van der Waals surface area (Å²) in [6.07, 6.45) is 0.961. The first-order chi connectivity index (χ1) is 9.35. The average Bonchev–Trinajstić information content (AvgIpc) is 2.88. The van der Waals surface area contributed by atoms with Crippen LogP contribution in [-0.4, -0.2) is 38.9 Å². The van der Waals surface area contributed by atoms with Crippen molar-refractivity contribution in [2.24, 2.45) is 0 Å². The Balaban J connectivity index is 1.91. The highest BCUT2D eigenvalue weighted by molar-refractivity contribution is 7.91. The first kappa shape index (κ1) is 13.2. The van der Waals surface area contributed by atoms with E-state index in [4.69, 9.17) is 5.73 Å². The summed E-state index contributed by atoms with van der Waals surface area (Å²) in [5.74, 6) is 0.346. The molecule has 1 fully saturated rings. The van der Waals surface area contributed by atoms with Crippen molar-refractivity contribution >= 4 is 32.8 Å². The van der Waals surface area contributed by atoms with Crippen molar-refractivity contribution in [3.8, 4) is 0 Å². The fourth-order valence-electron chi connectivity index (χ4n) is 2.87. The van der Waals surface area contributed by atoms with E-state index >= 15 is 0 Å². The number of nitrogen functional groups attached to an aromatic ring is 1. The Kier molecular flexibility index (Phi) is 2.89. The fraction of sp³-hybridized carbons (Fsp3) is 0.462. The summed E-state index contributed by atoms with van der Waals surface area (Å²) in [4.78, 5) is 13.3. The quantitative estimate of drug-likeness (QED) is 0.770. The van der Waals surface area contributed by atoms with Gasteiger partial charge in [-0.25, -0.2) is 8.42 Å². The number of rotatable bonds is 2. The molecule has 108 valence electrons. The molecule has 6 nitrogen and oxygen atoms in total. The number of benzene rings is 1. The molecule has 1 amide bonds. The van der Waals surface area contributed by atoms with Crippen LogP contribution in [-0.2, 0) is 21.1 Å². The predicted molar refractivity (Wildman–Crippen MR) is 78.6 cm³/mol. The molecule has 2 aliphatic heterocycles. The van der Waals surface area contributed by atoms with Crippen LogP contribution in [0.3, 0.4) is 0 Å². The molecule has 1 atom stereocenters. The molecule has 20 heavy (non-hydrogen) atoms. The molecule has 1 unspecified atom stereocenters. The molecule has 1 saturated heterocycles. The molecule has 0 aliphatic carbocycles. The lowest BCUT2D eigenvalue weighted by Crippen LogP contribution is -2.33. The van der Waals surface area contributed by atoms with E-state index in [0.29, 0.717) is 18.5 Å². The third-order valence-corrected chi connectivity index (χ3v) is 5.76. The smallest absolute Gasteiger partial charge is 0.228 e. The molecule has 0 bridgehead atoms. The van der Waals surface area contributed by atoms with Crippen molar-refractivity contribution in [3.05, 3.63) is 17.7 Å². The van der Waals surface area contributed by atoms with Crippen LogP contribution in [0.25, 0.3) is 0 Å². The Bertz CT molecular complexity index is 684. The maximum atomic E-state index is 11.6. The van der Waals surface area contributed by atoms with Crippen LogP contribution in [0.1, 0.15) is 12.0 Å². The van der Waals surface area contributed by atoms with Gasteiger partial charge < -0.3 is 16.0 Å². The maximum absolute atomic E-state index is 11.6. The van der Waals surface area contributed by atoms with Crippen LogP contribution in [0.15, 0.2) is 12.1 Å². The minimum absolute atomic E-state index is 0.0392. The van der Waals surface area contributed by atoms with E-state index in [1.54, 1.807) is 6.07 Å². The summed E-state index contributed by atoms with van der Waals surface area (Å²) in [5.41, 5.74) is 9.05. The molecule has 0 radical (unpaired) electrons. The zero-order chi connectivity index (χ0) is 14.5. The van der Waals surface area contributed by atoms with Gasteiger partial charge in [-0.3, -0.25) is 4.79 Å². The zero-order valence-electron chi connectivity index (χ0n) is 11.2. The van der Waals surface area contributed by atoms with Crippen molar-refractivity contribution in [2.75, 3.05) is 34.5 Å². The van der Waals surface area contributed by atoms with Crippen LogP contribution in [0.5, 0.6) is 0 Å². The van der Waals surface area contributed by atoms with E-state index in [2.05, 4.69) is 5.32 Å². The monoisotopic (exact) mass is 295 g/mol. The molecular weight excluding hydrogens is 278 g/mol. The minimum Gasteiger partial charge on any atom is -0.397 e. The van der Waals surface area contributed by atoms with Gasteiger partial charge in [-0.05, 0) is 24.1 Å². The fourth-order valence-corrected chi connectivity index (χ4v) is 4.64. The highest BCUT2D eigenvalue weighted by atomic mass is 32.2. The predicted octanol–water partition coefficient (Wildman–Crippen LogP) is 0.387. The second-order valence-electron chi connectivity index (χ2n) is 5.46. The third-order valence-electron chi connectivity index (χ3n) is 4.01. The number of amides is 1. The van der Waals surface area contributed by atoms with Crippen LogP contribution in [0.4, 0.5) is 17.1 Å². The van der Waals surface area contributed by atoms with Crippen LogP contribution < -0.4 is 16.0 Å². The largest absolute Gasteiger partial charge is 0.397 e. The van der Waals surface area contributed by atoms with Gasteiger partial charge in [-0.2, -0.15) is 0 Å². The Morgan fingerprint density at radius 3 is 2.80 bits per heavy atom. The number of sulfone groups is 1. The molecule has 0 aromatic heterocycles.